The molecule has 2 heteroatoms. The molecule has 6 aliphatic rings. The first-order valence-corrected chi connectivity index (χ1v) is 37.0. The molecule has 11 rings (SSSR count). The molecule has 90 heavy (non-hydrogen) atoms. The largest absolute Gasteiger partial charge is 0.362 e. The summed E-state index contributed by atoms with van der Waals surface area (Å²) in [6.45, 7) is 16.7. The standard InChI is InChI=1S/C88H112N2/c1-8-14-18-23-30-69(31-24-19-15-9-2)84-62-74(68-44-50-77(51-45-68)89-76-33-25-22-26-34-76)48-55-81(84)70-40-36-65(37-41-70)66-46-52-78(53-47-66)90(79-35-29-32-71(61-79)73-43-39-67-38-42-72(67)60-73)80-54-57-83-82-56-49-75(87(7,12-5)13-6)63-85(82)88(86(83)64-80,58-27-20-16-10-3)59-28-21-17-11-4/h22,25,29,32-33,35-37,39-41,43-44,46,49-50,52,54,56-57,60-64,69,89H,8-21,23-24,26-28,30-31,34,38,42,45,47-48,51,53,55,58-59H2,1-7H3. The molecule has 0 aliphatic heterocycles. The van der Waals surface area contributed by atoms with Gasteiger partial charge in [0.1, 0.15) is 0 Å². The van der Waals surface area contributed by atoms with Gasteiger partial charge in [0.15, 0.2) is 0 Å². The first kappa shape index (κ1) is 65.1. The van der Waals surface area contributed by atoms with Crippen molar-refractivity contribution in [2.24, 2.45) is 5.92 Å². The zero-order valence-corrected chi connectivity index (χ0v) is 57.1. The maximum atomic E-state index is 3.79. The SMILES string of the molecule is CCCCCCC(CCCCCC)C1=C(c2ccc(C3=CC=C(N(c4cccc(-c5ccc6c(c5)CC6)c4)c4ccc5c(c4)C(CCCCCC)(CCCCCC)c4cc(C(C)(CC)CC)ccc4-5)CC3)cc2)CCC(C2=CC=C(NC3=CC=CCC3)CC2)=C1. The lowest BCUT2D eigenvalue weighted by Gasteiger charge is -2.36. The normalized spacial score (nSPS) is 16.8. The van der Waals surface area contributed by atoms with E-state index in [1.807, 2.05) is 0 Å². The lowest BCUT2D eigenvalue weighted by Crippen LogP contribution is -2.27. The van der Waals surface area contributed by atoms with Gasteiger partial charge >= 0.3 is 0 Å². The lowest BCUT2D eigenvalue weighted by atomic mass is 9.69. The molecular formula is C88H112N2. The number of hydrogen-bond donors (Lipinski definition) is 1. The van der Waals surface area contributed by atoms with Crippen LogP contribution in [0.25, 0.3) is 33.4 Å². The van der Waals surface area contributed by atoms with Crippen LogP contribution in [0.1, 0.15) is 280 Å². The Labute approximate surface area is 547 Å². The Morgan fingerprint density at radius 2 is 1.08 bits per heavy atom. The fraction of sp³-hybridized carbons (Fsp3) is 0.477. The van der Waals surface area contributed by atoms with Gasteiger partial charge in [-0.2, -0.15) is 0 Å². The molecule has 5 aromatic carbocycles. The van der Waals surface area contributed by atoms with Crippen molar-refractivity contribution in [3.63, 3.8) is 0 Å². The van der Waals surface area contributed by atoms with Crippen LogP contribution in [-0.4, -0.2) is 0 Å². The predicted octanol–water partition coefficient (Wildman–Crippen LogP) is 26.1. The molecule has 0 amide bonds. The second-order valence-corrected chi connectivity index (χ2v) is 28.4. The van der Waals surface area contributed by atoms with E-state index in [1.54, 1.807) is 33.4 Å². The first-order valence-electron chi connectivity index (χ1n) is 37.0. The average Bonchev–Trinajstić information content (AvgIpc) is 1.56. The van der Waals surface area contributed by atoms with Crippen LogP contribution >= 0.6 is 0 Å². The monoisotopic (exact) mass is 1200 g/mol. The Morgan fingerprint density at radius 1 is 0.467 bits per heavy atom. The Morgan fingerprint density at radius 3 is 1.70 bits per heavy atom. The number of nitrogens with zero attached hydrogens (tertiary/aromatic N) is 1. The number of anilines is 2. The Bertz CT molecular complexity index is 3490. The number of benzene rings is 5. The van der Waals surface area contributed by atoms with Crippen LogP contribution in [0, 0.1) is 5.92 Å². The number of allylic oxidation sites excluding steroid dienone is 16. The zero-order valence-electron chi connectivity index (χ0n) is 57.1. The van der Waals surface area contributed by atoms with Crippen LogP contribution in [0.2, 0.25) is 0 Å². The molecule has 0 saturated heterocycles. The van der Waals surface area contributed by atoms with Gasteiger partial charge in [-0.1, -0.05) is 260 Å². The van der Waals surface area contributed by atoms with Crippen LogP contribution in [-0.2, 0) is 23.7 Å². The summed E-state index contributed by atoms with van der Waals surface area (Å²) in [5.74, 6) is 0.605. The molecule has 0 atom stereocenters. The number of rotatable bonds is 33. The van der Waals surface area contributed by atoms with E-state index in [1.165, 1.54) is 225 Å². The maximum absolute atomic E-state index is 3.79. The van der Waals surface area contributed by atoms with Crippen molar-refractivity contribution in [1.29, 1.82) is 0 Å². The van der Waals surface area contributed by atoms with Crippen molar-refractivity contribution in [2.75, 3.05) is 4.90 Å². The summed E-state index contributed by atoms with van der Waals surface area (Å²) < 4.78 is 0. The van der Waals surface area contributed by atoms with Crippen LogP contribution < -0.4 is 10.2 Å². The highest BCUT2D eigenvalue weighted by Crippen LogP contribution is 2.57. The van der Waals surface area contributed by atoms with E-state index in [0.29, 0.717) is 5.92 Å². The summed E-state index contributed by atoms with van der Waals surface area (Å²) in [7, 11) is 0. The van der Waals surface area contributed by atoms with E-state index in [0.717, 1.165) is 64.2 Å². The molecule has 6 aliphatic carbocycles. The van der Waals surface area contributed by atoms with Crippen LogP contribution in [0.3, 0.4) is 0 Å². The molecule has 0 fully saturated rings. The van der Waals surface area contributed by atoms with Gasteiger partial charge in [-0.15, -0.1) is 0 Å². The second-order valence-electron chi connectivity index (χ2n) is 28.4. The highest BCUT2D eigenvalue weighted by molar-refractivity contribution is 5.86. The molecule has 2 nitrogen and oxygen atoms in total. The number of hydrogen-bond acceptors (Lipinski definition) is 2. The van der Waals surface area contributed by atoms with Gasteiger partial charge < -0.3 is 10.2 Å². The van der Waals surface area contributed by atoms with Gasteiger partial charge in [-0.3, -0.25) is 0 Å². The lowest BCUT2D eigenvalue weighted by molar-refractivity contribution is 0.397. The molecule has 0 saturated carbocycles. The maximum Gasteiger partial charge on any atom is 0.0464 e. The molecule has 0 bridgehead atoms. The summed E-state index contributed by atoms with van der Waals surface area (Å²) >= 11 is 0. The average molecular weight is 1200 g/mol. The smallest absolute Gasteiger partial charge is 0.0464 e. The van der Waals surface area contributed by atoms with Gasteiger partial charge in [-0.05, 0) is 246 Å². The topological polar surface area (TPSA) is 15.3 Å². The predicted molar refractivity (Wildman–Crippen MR) is 392 cm³/mol. The van der Waals surface area contributed by atoms with Gasteiger partial charge in [0.25, 0.3) is 0 Å². The Hall–Kier alpha value is -6.38. The third-order valence-electron chi connectivity index (χ3n) is 22.6. The molecule has 1 N–H and O–H groups in total. The van der Waals surface area contributed by atoms with Crippen molar-refractivity contribution in [2.45, 2.75) is 265 Å². The fourth-order valence-corrected chi connectivity index (χ4v) is 16.3. The fourth-order valence-electron chi connectivity index (χ4n) is 16.3. The van der Waals surface area contributed by atoms with E-state index < -0.39 is 0 Å². The van der Waals surface area contributed by atoms with E-state index in [-0.39, 0.29) is 10.8 Å². The Kier molecular flexibility index (Phi) is 22.6. The van der Waals surface area contributed by atoms with Crippen molar-refractivity contribution < 1.29 is 0 Å². The minimum absolute atomic E-state index is 0.0191. The van der Waals surface area contributed by atoms with E-state index >= 15 is 0 Å². The second kappa shape index (κ2) is 31.3. The molecule has 0 aromatic heterocycles. The van der Waals surface area contributed by atoms with E-state index in [4.69, 9.17) is 0 Å². The van der Waals surface area contributed by atoms with Gasteiger partial charge in [0, 0.05) is 33.9 Å². The molecule has 0 unspecified atom stereocenters. The van der Waals surface area contributed by atoms with E-state index in [2.05, 4.69) is 210 Å². The number of fused-ring (bicyclic) bond motifs is 4. The summed E-state index contributed by atoms with van der Waals surface area (Å²) in [6, 6.07) is 42.2. The number of unbranched alkanes of at least 4 members (excludes halogenated alkanes) is 12. The van der Waals surface area contributed by atoms with Gasteiger partial charge in [0.2, 0.25) is 0 Å². The third kappa shape index (κ3) is 14.9. The van der Waals surface area contributed by atoms with Crippen LogP contribution in [0.15, 0.2) is 186 Å². The van der Waals surface area contributed by atoms with Crippen LogP contribution in [0.4, 0.5) is 11.4 Å². The van der Waals surface area contributed by atoms with Crippen molar-refractivity contribution in [1.82, 2.24) is 5.32 Å². The third-order valence-corrected chi connectivity index (χ3v) is 22.6. The van der Waals surface area contributed by atoms with E-state index in [9.17, 15) is 0 Å². The Balaban J connectivity index is 0.956. The highest BCUT2D eigenvalue weighted by atomic mass is 15.1. The number of aryl methyl sites for hydroxylation is 2. The highest BCUT2D eigenvalue weighted by Gasteiger charge is 2.44. The molecule has 0 heterocycles. The molecule has 5 aromatic rings. The molecule has 474 valence electrons. The summed E-state index contributed by atoms with van der Waals surface area (Å²) in [6.07, 6.45) is 58.6. The number of nitrogens with one attached hydrogen (secondary N) is 1. The molecule has 0 radical (unpaired) electrons. The van der Waals surface area contributed by atoms with Crippen molar-refractivity contribution in [3.05, 3.63) is 224 Å². The molecular weight excluding hydrogens is 1080 g/mol. The van der Waals surface area contributed by atoms with Crippen molar-refractivity contribution in [3.8, 4) is 22.3 Å². The minimum Gasteiger partial charge on any atom is -0.362 e. The molecule has 0 spiro atoms. The van der Waals surface area contributed by atoms with Gasteiger partial charge in [-0.25, -0.2) is 0 Å². The summed E-state index contributed by atoms with van der Waals surface area (Å²) in [5.41, 5.74) is 30.8. The zero-order chi connectivity index (χ0) is 62.3. The summed E-state index contributed by atoms with van der Waals surface area (Å²) in [4.78, 5) is 2.67. The first-order chi connectivity index (χ1) is 44.2. The van der Waals surface area contributed by atoms with Crippen LogP contribution in [0.5, 0.6) is 0 Å². The van der Waals surface area contributed by atoms with Crippen molar-refractivity contribution >= 4 is 22.5 Å². The summed E-state index contributed by atoms with van der Waals surface area (Å²) in [5, 5.41) is 3.79. The van der Waals surface area contributed by atoms with Gasteiger partial charge in [0.05, 0.1) is 0 Å². The minimum atomic E-state index is -0.0191. The quantitative estimate of drug-likeness (QED) is 0.0421.